The molecule has 1 N–H and O–H groups in total. The normalized spacial score (nSPS) is 17.7. The maximum atomic E-state index is 3.53. The first-order valence-electron chi connectivity index (χ1n) is 6.38. The van der Waals surface area contributed by atoms with Crippen LogP contribution in [0, 0.1) is 5.92 Å². The molecule has 1 aliphatic rings. The van der Waals surface area contributed by atoms with Crippen LogP contribution in [0.15, 0.2) is 15.2 Å². The van der Waals surface area contributed by atoms with Crippen molar-refractivity contribution in [3.63, 3.8) is 0 Å². The van der Waals surface area contributed by atoms with E-state index in [1.807, 2.05) is 7.05 Å². The van der Waals surface area contributed by atoms with Crippen LogP contribution in [0.1, 0.15) is 24.8 Å². The maximum Gasteiger partial charge on any atom is 0.0701 e. The van der Waals surface area contributed by atoms with Crippen molar-refractivity contribution in [2.24, 2.45) is 5.92 Å². The van der Waals surface area contributed by atoms with Gasteiger partial charge in [0.25, 0.3) is 0 Å². The molecule has 0 atom stereocenters. The van der Waals surface area contributed by atoms with Gasteiger partial charge in [-0.25, -0.2) is 0 Å². The lowest BCUT2D eigenvalue weighted by molar-refractivity contribution is 0.172. The van der Waals surface area contributed by atoms with Gasteiger partial charge < -0.3 is 5.32 Å². The van der Waals surface area contributed by atoms with Crippen LogP contribution >= 0.6 is 39.7 Å². The summed E-state index contributed by atoms with van der Waals surface area (Å²) in [5.74, 6) is 0.938. The summed E-state index contributed by atoms with van der Waals surface area (Å²) >= 11 is 5.31. The Morgan fingerprint density at radius 3 is 2.72 bits per heavy atom. The molecule has 0 aliphatic carbocycles. The van der Waals surface area contributed by atoms with Crippen LogP contribution in [-0.4, -0.2) is 31.6 Å². The van der Waals surface area contributed by atoms with Gasteiger partial charge in [0.2, 0.25) is 0 Å². The minimum absolute atomic E-state index is 0. The maximum absolute atomic E-state index is 3.53. The fourth-order valence-corrected chi connectivity index (χ4v) is 3.67. The van der Waals surface area contributed by atoms with Crippen LogP contribution in [0.25, 0.3) is 0 Å². The van der Waals surface area contributed by atoms with Gasteiger partial charge in [-0.15, -0.1) is 23.7 Å². The van der Waals surface area contributed by atoms with E-state index in [4.69, 9.17) is 0 Å². The van der Waals surface area contributed by atoms with Gasteiger partial charge in [-0.2, -0.15) is 0 Å². The van der Waals surface area contributed by atoms with E-state index in [0.29, 0.717) is 0 Å². The second-order valence-corrected chi connectivity index (χ2v) is 7.16. The molecular weight excluding hydrogens is 332 g/mol. The molecule has 1 fully saturated rings. The van der Waals surface area contributed by atoms with Gasteiger partial charge in [-0.1, -0.05) is 0 Å². The minimum Gasteiger partial charge on any atom is -0.320 e. The second-order valence-electron chi connectivity index (χ2n) is 4.87. The highest BCUT2D eigenvalue weighted by atomic mass is 79.9. The van der Waals surface area contributed by atoms with Gasteiger partial charge in [-0.3, -0.25) is 4.90 Å². The average Bonchev–Trinajstić information content (AvgIpc) is 2.74. The monoisotopic (exact) mass is 352 g/mol. The van der Waals surface area contributed by atoms with Gasteiger partial charge >= 0.3 is 0 Å². The Morgan fingerprint density at radius 1 is 1.44 bits per heavy atom. The first-order valence-corrected chi connectivity index (χ1v) is 8.05. The summed E-state index contributed by atoms with van der Waals surface area (Å²) in [5.41, 5.74) is 1.45. The molecule has 2 rings (SSSR count). The number of hydrogen-bond donors (Lipinski definition) is 1. The van der Waals surface area contributed by atoms with E-state index >= 15 is 0 Å². The fourth-order valence-electron chi connectivity index (χ4n) is 2.47. The van der Waals surface area contributed by atoms with Crippen LogP contribution < -0.4 is 5.32 Å². The van der Waals surface area contributed by atoms with Gasteiger partial charge in [0, 0.05) is 6.54 Å². The molecule has 0 amide bonds. The summed E-state index contributed by atoms with van der Waals surface area (Å²) < 4.78 is 1.25. The molecule has 1 aromatic heterocycles. The largest absolute Gasteiger partial charge is 0.320 e. The lowest BCUT2D eigenvalue weighted by Crippen LogP contribution is -2.33. The topological polar surface area (TPSA) is 15.3 Å². The van der Waals surface area contributed by atoms with Gasteiger partial charge in [0.1, 0.15) is 0 Å². The average molecular weight is 354 g/mol. The van der Waals surface area contributed by atoms with Crippen molar-refractivity contribution >= 4 is 39.7 Å². The molecule has 2 nitrogen and oxygen atoms in total. The number of likely N-dealkylation sites (tertiary alicyclic amines) is 1. The Labute approximate surface area is 129 Å². The lowest BCUT2D eigenvalue weighted by atomic mass is 9.93. The van der Waals surface area contributed by atoms with E-state index in [1.54, 1.807) is 11.3 Å². The zero-order chi connectivity index (χ0) is 12.1. The van der Waals surface area contributed by atoms with Crippen molar-refractivity contribution in [1.82, 2.24) is 10.2 Å². The third-order valence-electron chi connectivity index (χ3n) is 3.54. The number of piperidine rings is 1. The summed E-state index contributed by atoms with van der Waals surface area (Å²) in [6.45, 7) is 4.83. The lowest BCUT2D eigenvalue weighted by Gasteiger charge is -2.31. The molecule has 0 spiro atoms. The SMILES string of the molecule is CNCCC1CCN(Cc2csc(Br)c2)CC1.Cl. The van der Waals surface area contributed by atoms with E-state index in [-0.39, 0.29) is 12.4 Å². The van der Waals surface area contributed by atoms with Gasteiger partial charge in [0.05, 0.1) is 3.79 Å². The highest BCUT2D eigenvalue weighted by molar-refractivity contribution is 9.11. The van der Waals surface area contributed by atoms with Crippen molar-refractivity contribution in [3.8, 4) is 0 Å². The van der Waals surface area contributed by atoms with Crippen LogP contribution in [0.4, 0.5) is 0 Å². The summed E-state index contributed by atoms with van der Waals surface area (Å²) in [6, 6.07) is 2.25. The van der Waals surface area contributed by atoms with Crippen molar-refractivity contribution in [2.75, 3.05) is 26.7 Å². The first kappa shape index (κ1) is 16.4. The quantitative estimate of drug-likeness (QED) is 0.867. The summed E-state index contributed by atoms with van der Waals surface area (Å²) in [4.78, 5) is 2.59. The smallest absolute Gasteiger partial charge is 0.0701 e. The number of nitrogens with one attached hydrogen (secondary N) is 1. The van der Waals surface area contributed by atoms with E-state index in [2.05, 4.69) is 37.6 Å². The Balaban J connectivity index is 0.00000162. The highest BCUT2D eigenvalue weighted by Crippen LogP contribution is 2.25. The Kier molecular flexibility index (Phi) is 7.80. The molecule has 18 heavy (non-hydrogen) atoms. The third kappa shape index (κ3) is 5.17. The highest BCUT2D eigenvalue weighted by Gasteiger charge is 2.18. The summed E-state index contributed by atoms with van der Waals surface area (Å²) in [7, 11) is 2.05. The van der Waals surface area contributed by atoms with Crippen molar-refractivity contribution in [1.29, 1.82) is 0 Å². The number of halogens is 2. The summed E-state index contributed by atoms with van der Waals surface area (Å²) in [5, 5.41) is 5.51. The van der Waals surface area contributed by atoms with Crippen LogP contribution in [0.3, 0.4) is 0 Å². The molecular formula is C13H22BrClN2S. The van der Waals surface area contributed by atoms with E-state index in [1.165, 1.54) is 48.2 Å². The van der Waals surface area contributed by atoms with Crippen LogP contribution in [0.5, 0.6) is 0 Å². The van der Waals surface area contributed by atoms with Crippen molar-refractivity contribution in [3.05, 3.63) is 20.8 Å². The molecule has 2 heterocycles. The fraction of sp³-hybridized carbons (Fsp3) is 0.692. The minimum atomic E-state index is 0. The molecule has 1 aromatic rings. The molecule has 0 aromatic carbocycles. The molecule has 1 aliphatic heterocycles. The molecule has 104 valence electrons. The molecule has 0 radical (unpaired) electrons. The number of hydrogen-bond acceptors (Lipinski definition) is 3. The predicted octanol–water partition coefficient (Wildman–Crippen LogP) is 3.75. The predicted molar refractivity (Wildman–Crippen MR) is 85.8 cm³/mol. The molecule has 0 saturated carbocycles. The van der Waals surface area contributed by atoms with Gasteiger partial charge in [0.15, 0.2) is 0 Å². The van der Waals surface area contributed by atoms with Crippen LogP contribution in [-0.2, 0) is 6.54 Å². The van der Waals surface area contributed by atoms with E-state index in [0.717, 1.165) is 12.5 Å². The third-order valence-corrected chi connectivity index (χ3v) is 5.09. The summed E-state index contributed by atoms with van der Waals surface area (Å²) in [6.07, 6.45) is 4.08. The Hall–Kier alpha value is 0.390. The van der Waals surface area contributed by atoms with Crippen molar-refractivity contribution in [2.45, 2.75) is 25.8 Å². The zero-order valence-electron chi connectivity index (χ0n) is 10.8. The van der Waals surface area contributed by atoms with E-state index < -0.39 is 0 Å². The van der Waals surface area contributed by atoms with Crippen molar-refractivity contribution < 1.29 is 0 Å². The Morgan fingerprint density at radius 2 is 2.17 bits per heavy atom. The van der Waals surface area contributed by atoms with Gasteiger partial charge in [-0.05, 0) is 84.8 Å². The zero-order valence-corrected chi connectivity index (χ0v) is 14.0. The number of thiophene rings is 1. The van der Waals surface area contributed by atoms with E-state index in [9.17, 15) is 0 Å². The first-order chi connectivity index (χ1) is 8.28. The molecule has 0 bridgehead atoms. The molecule has 1 saturated heterocycles. The Bertz CT molecular complexity index is 337. The van der Waals surface area contributed by atoms with Crippen LogP contribution in [0.2, 0.25) is 0 Å². The molecule has 0 unspecified atom stereocenters. The molecule has 5 heteroatoms. The number of rotatable bonds is 5. The standard InChI is InChI=1S/C13H21BrN2S.ClH/c1-15-5-2-11-3-6-16(7-4-11)9-12-8-13(14)17-10-12;/h8,10-11,15H,2-7,9H2,1H3;1H. The number of nitrogens with zero attached hydrogens (tertiary/aromatic N) is 1. The second kappa shape index (κ2) is 8.54.